The van der Waals surface area contributed by atoms with Gasteiger partial charge >= 0.3 is 0 Å². The standard InChI is InChI=1S/C31H48N8O3/c1-37(2)17-18-38(3)26-9-7-10-27(40-4)24(26)21-39-15-11-22(12-16-39)34-30-23-19-28(41-5)29(42-6)20-25(23)35-31(36-30)33-14-8-13-32/h7,9-10,19-20,22H,8,11-18,21,32H2,1-6H3,(H2,33,34,35,36). The lowest BCUT2D eigenvalue weighted by Crippen LogP contribution is -2.39. The second kappa shape index (κ2) is 15.1. The van der Waals surface area contributed by atoms with Crippen molar-refractivity contribution in [3.8, 4) is 17.2 Å². The minimum absolute atomic E-state index is 0.282. The van der Waals surface area contributed by atoms with E-state index >= 15 is 0 Å². The number of aromatic nitrogens is 2. The Kier molecular flexibility index (Phi) is 11.3. The molecule has 1 fully saturated rings. The first-order valence-corrected chi connectivity index (χ1v) is 14.7. The average Bonchev–Trinajstić information content (AvgIpc) is 3.00. The summed E-state index contributed by atoms with van der Waals surface area (Å²) in [4.78, 5) is 16.7. The summed E-state index contributed by atoms with van der Waals surface area (Å²) in [6, 6.07) is 10.5. The number of fused-ring (bicyclic) bond motifs is 1. The molecule has 0 atom stereocenters. The molecule has 1 saturated heterocycles. The Bertz CT molecular complexity index is 1300. The molecule has 0 amide bonds. The minimum atomic E-state index is 0.282. The number of likely N-dealkylation sites (tertiary alicyclic amines) is 1. The van der Waals surface area contributed by atoms with Crippen molar-refractivity contribution >= 4 is 28.4 Å². The maximum Gasteiger partial charge on any atom is 0.225 e. The van der Waals surface area contributed by atoms with Gasteiger partial charge in [0.1, 0.15) is 11.6 Å². The van der Waals surface area contributed by atoms with Gasteiger partial charge in [-0.15, -0.1) is 0 Å². The Morgan fingerprint density at radius 3 is 2.33 bits per heavy atom. The molecule has 11 heteroatoms. The van der Waals surface area contributed by atoms with E-state index in [-0.39, 0.29) is 6.04 Å². The van der Waals surface area contributed by atoms with Gasteiger partial charge in [-0.05, 0) is 58.1 Å². The first-order valence-electron chi connectivity index (χ1n) is 14.7. The molecule has 1 aliphatic rings. The van der Waals surface area contributed by atoms with Crippen molar-refractivity contribution in [1.29, 1.82) is 0 Å². The van der Waals surface area contributed by atoms with E-state index in [1.165, 1.54) is 11.3 Å². The molecule has 11 nitrogen and oxygen atoms in total. The molecule has 0 saturated carbocycles. The molecule has 4 rings (SSSR count). The van der Waals surface area contributed by atoms with Crippen LogP contribution in [0.25, 0.3) is 10.9 Å². The third-order valence-corrected chi connectivity index (χ3v) is 7.80. The van der Waals surface area contributed by atoms with E-state index in [1.807, 2.05) is 12.1 Å². The molecule has 230 valence electrons. The highest BCUT2D eigenvalue weighted by atomic mass is 16.5. The molecule has 3 aromatic rings. The summed E-state index contributed by atoms with van der Waals surface area (Å²) in [5.74, 6) is 3.60. The molecule has 1 aliphatic heterocycles. The summed E-state index contributed by atoms with van der Waals surface area (Å²) in [6.45, 7) is 6.05. The normalized spacial score (nSPS) is 14.3. The van der Waals surface area contributed by atoms with E-state index in [0.717, 1.165) is 74.5 Å². The van der Waals surface area contributed by atoms with Crippen LogP contribution < -0.4 is 35.5 Å². The van der Waals surface area contributed by atoms with Crippen molar-refractivity contribution < 1.29 is 14.2 Å². The Hall–Kier alpha value is -3.54. The van der Waals surface area contributed by atoms with Gasteiger partial charge in [-0.25, -0.2) is 4.98 Å². The van der Waals surface area contributed by atoms with Crippen LogP contribution in [-0.4, -0.2) is 108 Å². The van der Waals surface area contributed by atoms with Crippen LogP contribution in [0, 0.1) is 0 Å². The van der Waals surface area contributed by atoms with Crippen molar-refractivity contribution in [2.45, 2.75) is 31.8 Å². The molecule has 0 spiro atoms. The quantitative estimate of drug-likeness (QED) is 0.230. The average molecular weight is 581 g/mol. The second-order valence-electron chi connectivity index (χ2n) is 11.1. The Morgan fingerprint density at radius 1 is 0.952 bits per heavy atom. The third kappa shape index (κ3) is 7.84. The zero-order valence-corrected chi connectivity index (χ0v) is 26.1. The van der Waals surface area contributed by atoms with Crippen LogP contribution in [0.1, 0.15) is 24.8 Å². The van der Waals surface area contributed by atoms with Crippen LogP contribution in [0.5, 0.6) is 17.2 Å². The summed E-state index contributed by atoms with van der Waals surface area (Å²) in [7, 11) is 11.4. The largest absolute Gasteiger partial charge is 0.496 e. The molecule has 0 bridgehead atoms. The number of nitrogens with one attached hydrogen (secondary N) is 2. The molecular weight excluding hydrogens is 532 g/mol. The van der Waals surface area contributed by atoms with Gasteiger partial charge in [0.2, 0.25) is 5.95 Å². The molecule has 1 aromatic heterocycles. The highest BCUT2D eigenvalue weighted by molar-refractivity contribution is 5.92. The van der Waals surface area contributed by atoms with E-state index < -0.39 is 0 Å². The van der Waals surface area contributed by atoms with Gasteiger partial charge in [-0.3, -0.25) is 4.90 Å². The van der Waals surface area contributed by atoms with Crippen molar-refractivity contribution in [3.05, 3.63) is 35.9 Å². The van der Waals surface area contributed by atoms with Crippen molar-refractivity contribution in [2.75, 3.05) is 97.3 Å². The third-order valence-electron chi connectivity index (χ3n) is 7.80. The number of methoxy groups -OCH3 is 3. The molecular formula is C31H48N8O3. The van der Waals surface area contributed by atoms with E-state index in [1.54, 1.807) is 21.3 Å². The fraction of sp³-hybridized carbons (Fsp3) is 0.548. The van der Waals surface area contributed by atoms with Crippen LogP contribution in [0.15, 0.2) is 30.3 Å². The monoisotopic (exact) mass is 580 g/mol. The molecule has 2 aromatic carbocycles. The van der Waals surface area contributed by atoms with Crippen LogP contribution in [0.3, 0.4) is 0 Å². The number of nitrogens with two attached hydrogens (primary N) is 1. The van der Waals surface area contributed by atoms with Gasteiger partial charge in [0.25, 0.3) is 0 Å². The Labute approximate surface area is 250 Å². The first-order chi connectivity index (χ1) is 20.4. The number of rotatable bonds is 15. The highest BCUT2D eigenvalue weighted by Gasteiger charge is 2.24. The molecule has 0 radical (unpaired) electrons. The SMILES string of the molecule is COc1cc2nc(NCCCN)nc(NC3CCN(Cc4c(OC)cccc4N(C)CCN(C)C)CC3)c2cc1OC. The molecule has 0 unspecified atom stereocenters. The van der Waals surface area contributed by atoms with Gasteiger partial charge in [0, 0.05) is 75.1 Å². The highest BCUT2D eigenvalue weighted by Crippen LogP contribution is 2.36. The Morgan fingerprint density at radius 2 is 1.67 bits per heavy atom. The fourth-order valence-electron chi connectivity index (χ4n) is 5.33. The number of hydrogen-bond donors (Lipinski definition) is 3. The maximum atomic E-state index is 5.80. The number of benzene rings is 2. The van der Waals surface area contributed by atoms with E-state index in [9.17, 15) is 0 Å². The summed E-state index contributed by atoms with van der Waals surface area (Å²) in [5, 5.41) is 7.95. The van der Waals surface area contributed by atoms with Crippen LogP contribution in [0.2, 0.25) is 0 Å². The van der Waals surface area contributed by atoms with E-state index in [0.29, 0.717) is 30.5 Å². The lowest BCUT2D eigenvalue weighted by molar-refractivity contribution is 0.209. The van der Waals surface area contributed by atoms with Crippen molar-refractivity contribution in [3.63, 3.8) is 0 Å². The maximum absolute atomic E-state index is 5.80. The first kappa shape index (κ1) is 31.4. The van der Waals surface area contributed by atoms with Gasteiger partial charge in [0.05, 0.1) is 26.8 Å². The summed E-state index contributed by atoms with van der Waals surface area (Å²) < 4.78 is 16.9. The second-order valence-corrected chi connectivity index (χ2v) is 11.1. The molecule has 4 N–H and O–H groups in total. The zero-order valence-electron chi connectivity index (χ0n) is 26.1. The number of anilines is 3. The lowest BCUT2D eigenvalue weighted by Gasteiger charge is -2.34. The van der Waals surface area contributed by atoms with E-state index in [4.69, 9.17) is 29.9 Å². The zero-order chi connectivity index (χ0) is 30.1. The van der Waals surface area contributed by atoms with Crippen molar-refractivity contribution in [2.24, 2.45) is 5.73 Å². The van der Waals surface area contributed by atoms with Crippen LogP contribution in [-0.2, 0) is 6.54 Å². The summed E-state index contributed by atoms with van der Waals surface area (Å²) in [6.07, 6.45) is 2.83. The van der Waals surface area contributed by atoms with Gasteiger partial charge in [-0.2, -0.15) is 4.98 Å². The minimum Gasteiger partial charge on any atom is -0.496 e. The number of piperidine rings is 1. The topological polar surface area (TPSA) is 113 Å². The predicted octanol–water partition coefficient (Wildman–Crippen LogP) is 3.49. The fourth-order valence-corrected chi connectivity index (χ4v) is 5.33. The van der Waals surface area contributed by atoms with Gasteiger partial charge in [0.15, 0.2) is 11.5 Å². The lowest BCUT2D eigenvalue weighted by atomic mass is 10.0. The predicted molar refractivity (Wildman–Crippen MR) is 172 cm³/mol. The number of hydrogen-bond acceptors (Lipinski definition) is 11. The molecule has 0 aliphatic carbocycles. The summed E-state index contributed by atoms with van der Waals surface area (Å²) in [5.41, 5.74) is 8.95. The molecule has 42 heavy (non-hydrogen) atoms. The summed E-state index contributed by atoms with van der Waals surface area (Å²) >= 11 is 0. The van der Waals surface area contributed by atoms with E-state index in [2.05, 4.69) is 64.7 Å². The van der Waals surface area contributed by atoms with Crippen LogP contribution in [0.4, 0.5) is 17.5 Å². The van der Waals surface area contributed by atoms with Crippen molar-refractivity contribution in [1.82, 2.24) is 19.8 Å². The smallest absolute Gasteiger partial charge is 0.225 e. The molecule has 2 heterocycles. The number of likely N-dealkylation sites (N-methyl/N-ethyl adjacent to an activating group) is 2. The Balaban J connectivity index is 1.49. The number of ether oxygens (including phenoxy) is 3. The van der Waals surface area contributed by atoms with Crippen LogP contribution >= 0.6 is 0 Å². The van der Waals surface area contributed by atoms with Gasteiger partial charge in [-0.1, -0.05) is 6.07 Å². The van der Waals surface area contributed by atoms with Gasteiger partial charge < -0.3 is 40.4 Å². The number of nitrogens with zero attached hydrogens (tertiary/aromatic N) is 5.